The maximum atomic E-state index is 12.9. The van der Waals surface area contributed by atoms with Gasteiger partial charge < -0.3 is 14.9 Å². The molecule has 2 aliphatic rings. The van der Waals surface area contributed by atoms with Crippen LogP contribution >= 0.6 is 15.9 Å². The quantitative estimate of drug-likeness (QED) is 0.611. The van der Waals surface area contributed by atoms with E-state index in [-0.39, 0.29) is 6.61 Å². The van der Waals surface area contributed by atoms with Crippen molar-refractivity contribution in [2.45, 2.75) is 4.90 Å². The van der Waals surface area contributed by atoms with E-state index in [1.165, 1.54) is 4.31 Å². The normalized spacial score (nSPS) is 19.0. The van der Waals surface area contributed by atoms with Gasteiger partial charge in [0, 0.05) is 63.4 Å². The molecule has 31 heavy (non-hydrogen) atoms. The van der Waals surface area contributed by atoms with Crippen molar-refractivity contribution >= 4 is 37.6 Å². The molecule has 2 aliphatic heterocycles. The van der Waals surface area contributed by atoms with Crippen molar-refractivity contribution in [2.75, 3.05) is 75.3 Å². The summed E-state index contributed by atoms with van der Waals surface area (Å²) in [5.74, 6) is 1.62. The highest BCUT2D eigenvalue weighted by molar-refractivity contribution is 9.10. The molecule has 0 unspecified atom stereocenters. The minimum absolute atomic E-state index is 0.187. The van der Waals surface area contributed by atoms with Crippen LogP contribution in [0.2, 0.25) is 0 Å². The highest BCUT2D eigenvalue weighted by atomic mass is 79.9. The summed E-state index contributed by atoms with van der Waals surface area (Å²) in [7, 11) is -3.49. The van der Waals surface area contributed by atoms with Gasteiger partial charge in [-0.1, -0.05) is 15.9 Å². The molecule has 11 heteroatoms. The largest absolute Gasteiger partial charge is 0.395 e. The van der Waals surface area contributed by atoms with Gasteiger partial charge in [-0.3, -0.25) is 4.90 Å². The second-order valence-corrected chi connectivity index (χ2v) is 10.5. The lowest BCUT2D eigenvalue weighted by Crippen LogP contribution is -2.49. The molecule has 0 amide bonds. The molecule has 9 nitrogen and oxygen atoms in total. The maximum absolute atomic E-state index is 12.9. The van der Waals surface area contributed by atoms with E-state index >= 15 is 0 Å². The molecule has 0 aliphatic carbocycles. The van der Waals surface area contributed by atoms with E-state index in [9.17, 15) is 8.42 Å². The fourth-order valence-electron chi connectivity index (χ4n) is 3.91. The molecular formula is C20H27BrN6O3S. The first kappa shape index (κ1) is 22.4. The van der Waals surface area contributed by atoms with Gasteiger partial charge >= 0.3 is 0 Å². The summed E-state index contributed by atoms with van der Waals surface area (Å²) in [5.41, 5.74) is 0. The summed E-state index contributed by atoms with van der Waals surface area (Å²) < 4.78 is 28.1. The van der Waals surface area contributed by atoms with E-state index in [2.05, 4.69) is 40.8 Å². The number of anilines is 2. The Hall–Kier alpha value is -1.79. The maximum Gasteiger partial charge on any atom is 0.243 e. The molecule has 0 radical (unpaired) electrons. The number of sulfonamides is 1. The van der Waals surface area contributed by atoms with Crippen LogP contribution < -0.4 is 9.80 Å². The van der Waals surface area contributed by atoms with E-state index < -0.39 is 10.0 Å². The van der Waals surface area contributed by atoms with Crippen LogP contribution in [0.4, 0.5) is 11.6 Å². The lowest BCUT2D eigenvalue weighted by atomic mass is 10.3. The van der Waals surface area contributed by atoms with E-state index in [4.69, 9.17) is 5.11 Å². The molecule has 0 spiro atoms. The lowest BCUT2D eigenvalue weighted by molar-refractivity contribution is 0.188. The van der Waals surface area contributed by atoms with Crippen LogP contribution in [0, 0.1) is 0 Å². The third kappa shape index (κ3) is 5.17. The first-order valence-corrected chi connectivity index (χ1v) is 12.6. The van der Waals surface area contributed by atoms with Gasteiger partial charge in [0.2, 0.25) is 10.0 Å². The molecule has 1 aromatic heterocycles. The summed E-state index contributed by atoms with van der Waals surface area (Å²) in [5, 5.41) is 17.9. The minimum Gasteiger partial charge on any atom is -0.395 e. The molecule has 4 rings (SSSR count). The third-order valence-electron chi connectivity index (χ3n) is 5.76. The van der Waals surface area contributed by atoms with Gasteiger partial charge in [0.05, 0.1) is 11.5 Å². The predicted molar refractivity (Wildman–Crippen MR) is 123 cm³/mol. The van der Waals surface area contributed by atoms with Crippen molar-refractivity contribution in [3.63, 3.8) is 0 Å². The van der Waals surface area contributed by atoms with Crippen molar-refractivity contribution in [3.05, 3.63) is 40.9 Å². The number of aliphatic hydroxyl groups excluding tert-OH is 1. The lowest BCUT2D eigenvalue weighted by Gasteiger charge is -2.36. The average molecular weight is 511 g/mol. The van der Waals surface area contributed by atoms with Crippen LogP contribution in [-0.4, -0.2) is 98.4 Å². The van der Waals surface area contributed by atoms with Gasteiger partial charge in [-0.05, 0) is 36.4 Å². The van der Waals surface area contributed by atoms with Gasteiger partial charge in [0.1, 0.15) is 0 Å². The highest BCUT2D eigenvalue weighted by Crippen LogP contribution is 2.22. The Kier molecular flexibility index (Phi) is 7.07. The Morgan fingerprint density at radius 3 is 1.81 bits per heavy atom. The van der Waals surface area contributed by atoms with E-state index in [0.29, 0.717) is 37.6 Å². The number of aromatic nitrogens is 2. The Morgan fingerprint density at radius 2 is 1.32 bits per heavy atom. The summed E-state index contributed by atoms with van der Waals surface area (Å²) in [6.45, 7) is 6.39. The van der Waals surface area contributed by atoms with Gasteiger partial charge in [0.25, 0.3) is 0 Å². The van der Waals surface area contributed by atoms with Gasteiger partial charge in [-0.25, -0.2) is 8.42 Å². The van der Waals surface area contributed by atoms with Crippen LogP contribution in [0.15, 0.2) is 45.8 Å². The van der Waals surface area contributed by atoms with E-state index in [1.807, 2.05) is 12.1 Å². The topological polar surface area (TPSA) is 93.1 Å². The first-order chi connectivity index (χ1) is 15.0. The molecule has 0 bridgehead atoms. The fourth-order valence-corrected chi connectivity index (χ4v) is 5.60. The SMILES string of the molecule is O=S(=O)(c1ccc(Br)cc1)N1CCN(c2ccc(N3CCN(CCO)CC3)nn2)CC1. The zero-order valence-electron chi connectivity index (χ0n) is 17.3. The van der Waals surface area contributed by atoms with Crippen molar-refractivity contribution in [1.82, 2.24) is 19.4 Å². The van der Waals surface area contributed by atoms with E-state index in [0.717, 1.165) is 42.3 Å². The van der Waals surface area contributed by atoms with Crippen molar-refractivity contribution < 1.29 is 13.5 Å². The second-order valence-electron chi connectivity index (χ2n) is 7.65. The number of piperazine rings is 2. The predicted octanol–water partition coefficient (Wildman–Crippen LogP) is 0.864. The van der Waals surface area contributed by atoms with E-state index in [1.54, 1.807) is 24.3 Å². The number of aliphatic hydroxyl groups is 1. The summed E-state index contributed by atoms with van der Waals surface area (Å²) in [6, 6.07) is 10.7. The first-order valence-electron chi connectivity index (χ1n) is 10.4. The Labute approximate surface area is 191 Å². The number of nitrogens with zero attached hydrogens (tertiary/aromatic N) is 6. The van der Waals surface area contributed by atoms with Crippen LogP contribution in [0.5, 0.6) is 0 Å². The third-order valence-corrected chi connectivity index (χ3v) is 8.20. The smallest absolute Gasteiger partial charge is 0.243 e. The summed E-state index contributed by atoms with van der Waals surface area (Å²) >= 11 is 3.34. The molecule has 3 heterocycles. The van der Waals surface area contributed by atoms with Crippen LogP contribution in [0.1, 0.15) is 0 Å². The molecule has 1 aromatic carbocycles. The van der Waals surface area contributed by atoms with Crippen molar-refractivity contribution in [1.29, 1.82) is 0 Å². The zero-order chi connectivity index (χ0) is 21.8. The molecule has 2 saturated heterocycles. The summed E-state index contributed by atoms with van der Waals surface area (Å²) in [4.78, 5) is 6.82. The molecule has 0 atom stereocenters. The molecule has 2 fully saturated rings. The van der Waals surface area contributed by atoms with Crippen molar-refractivity contribution in [2.24, 2.45) is 0 Å². The van der Waals surface area contributed by atoms with Crippen LogP contribution in [0.25, 0.3) is 0 Å². The van der Waals surface area contributed by atoms with Crippen LogP contribution in [-0.2, 0) is 10.0 Å². The number of rotatable bonds is 6. The molecular weight excluding hydrogens is 484 g/mol. The summed E-state index contributed by atoms with van der Waals surface area (Å²) in [6.07, 6.45) is 0. The van der Waals surface area contributed by atoms with Crippen LogP contribution in [0.3, 0.4) is 0 Å². The van der Waals surface area contributed by atoms with Crippen molar-refractivity contribution in [3.8, 4) is 0 Å². The number of β-amino-alcohol motifs (C(OH)–C–C–N with tert-alkyl or cyclic N) is 1. The number of hydrogen-bond acceptors (Lipinski definition) is 8. The van der Waals surface area contributed by atoms with Gasteiger partial charge in [0.15, 0.2) is 11.6 Å². The Bertz CT molecular complexity index is 957. The zero-order valence-corrected chi connectivity index (χ0v) is 19.7. The minimum atomic E-state index is -3.49. The monoisotopic (exact) mass is 510 g/mol. The van der Waals surface area contributed by atoms with Gasteiger partial charge in [-0.2, -0.15) is 4.31 Å². The highest BCUT2D eigenvalue weighted by Gasteiger charge is 2.29. The standard InChI is InChI=1S/C20H27BrN6O3S/c21-17-1-3-18(4-2-17)31(29,30)27-13-11-26(12-14-27)20-6-5-19(22-23-20)25-9-7-24(8-10-25)15-16-28/h1-6,28H,7-16H2. The molecule has 1 N–H and O–H groups in total. The average Bonchev–Trinajstić information content (AvgIpc) is 2.80. The molecule has 168 valence electrons. The fraction of sp³-hybridized carbons (Fsp3) is 0.500. The molecule has 0 saturated carbocycles. The Morgan fingerprint density at radius 1 is 0.806 bits per heavy atom. The number of benzene rings is 1. The second kappa shape index (κ2) is 9.78. The number of hydrogen-bond donors (Lipinski definition) is 1. The van der Waals surface area contributed by atoms with Gasteiger partial charge in [-0.15, -0.1) is 10.2 Å². The number of halogens is 1. The Balaban J connectivity index is 1.33. The molecule has 2 aromatic rings.